The van der Waals surface area contributed by atoms with E-state index in [1.165, 1.54) is 12.3 Å². The number of hydrazone groups is 1. The molecule has 1 amide bonds. The van der Waals surface area contributed by atoms with Gasteiger partial charge in [0.2, 0.25) is 0 Å². The monoisotopic (exact) mass is 368 g/mol. The lowest BCUT2D eigenvalue weighted by Crippen LogP contribution is -2.18. The summed E-state index contributed by atoms with van der Waals surface area (Å²) in [5, 5.41) is 15.1. The van der Waals surface area contributed by atoms with E-state index < -0.39 is 4.92 Å². The van der Waals surface area contributed by atoms with E-state index in [2.05, 4.69) is 31.3 Å². The number of nitro benzene ring substituents is 1. The molecule has 0 saturated carbocycles. The minimum atomic E-state index is -0.442. The third-order valence-corrected chi connectivity index (χ3v) is 4.07. The van der Waals surface area contributed by atoms with Gasteiger partial charge in [0.1, 0.15) is 5.69 Å². The lowest BCUT2D eigenvalue weighted by atomic mass is 9.87. The van der Waals surface area contributed by atoms with Gasteiger partial charge < -0.3 is 4.90 Å². The lowest BCUT2D eigenvalue weighted by molar-refractivity contribution is -0.384. The van der Waals surface area contributed by atoms with Gasteiger partial charge in [0.15, 0.2) is 0 Å². The molecule has 2 rings (SSSR count). The first kappa shape index (κ1) is 20.1. The maximum atomic E-state index is 12.2. The number of amides is 1. The molecule has 0 aliphatic heterocycles. The van der Waals surface area contributed by atoms with Crippen LogP contribution in [0.2, 0.25) is 0 Å². The highest BCUT2D eigenvalue weighted by Crippen LogP contribution is 2.27. The van der Waals surface area contributed by atoms with Crippen LogP contribution in [-0.2, 0) is 5.41 Å². The first-order valence-electron chi connectivity index (χ1n) is 8.49. The van der Waals surface area contributed by atoms with E-state index in [4.69, 9.17) is 0 Å². The molecule has 0 bridgehead atoms. The fourth-order valence-electron chi connectivity index (χ4n) is 2.50. The van der Waals surface area contributed by atoms with Crippen molar-refractivity contribution in [3.05, 3.63) is 69.3 Å². The van der Waals surface area contributed by atoms with Crippen LogP contribution in [-0.4, -0.2) is 31.1 Å². The van der Waals surface area contributed by atoms with Gasteiger partial charge in [-0.2, -0.15) is 5.10 Å². The lowest BCUT2D eigenvalue weighted by Gasteiger charge is -2.18. The third kappa shape index (κ3) is 5.13. The van der Waals surface area contributed by atoms with Crippen LogP contribution in [0.15, 0.2) is 47.6 Å². The molecule has 7 nitrogen and oxygen atoms in total. The molecule has 0 atom stereocenters. The molecule has 0 heterocycles. The fraction of sp³-hybridized carbons (Fsp3) is 0.300. The Labute approximate surface area is 158 Å². The van der Waals surface area contributed by atoms with E-state index in [1.54, 1.807) is 43.3 Å². The predicted molar refractivity (Wildman–Crippen MR) is 108 cm³/mol. The van der Waals surface area contributed by atoms with E-state index in [1.807, 2.05) is 12.1 Å². The minimum absolute atomic E-state index is 0.0145. The molecule has 0 unspecified atom stereocenters. The highest BCUT2D eigenvalue weighted by molar-refractivity contribution is 5.95. The Morgan fingerprint density at radius 3 is 2.30 bits per heavy atom. The van der Waals surface area contributed by atoms with Crippen LogP contribution in [0.5, 0.6) is 0 Å². The summed E-state index contributed by atoms with van der Waals surface area (Å²) in [6, 6.07) is 12.1. The number of anilines is 1. The zero-order chi connectivity index (χ0) is 20.2. The number of rotatable bonds is 5. The van der Waals surface area contributed by atoms with Crippen LogP contribution in [0.4, 0.5) is 11.4 Å². The smallest absolute Gasteiger partial charge is 0.293 e. The Balaban J connectivity index is 2.10. The molecular formula is C20H24N4O3. The first-order valence-corrected chi connectivity index (χ1v) is 8.49. The van der Waals surface area contributed by atoms with Gasteiger partial charge in [0, 0.05) is 31.3 Å². The quantitative estimate of drug-likeness (QED) is 0.495. The average molecular weight is 368 g/mol. The van der Waals surface area contributed by atoms with Gasteiger partial charge in [-0.3, -0.25) is 14.9 Å². The molecule has 0 saturated heterocycles. The minimum Gasteiger partial charge on any atom is -0.372 e. The molecule has 7 heteroatoms. The molecule has 142 valence electrons. The van der Waals surface area contributed by atoms with Crippen molar-refractivity contribution in [2.75, 3.05) is 19.0 Å². The molecule has 2 aromatic carbocycles. The van der Waals surface area contributed by atoms with Gasteiger partial charge in [-0.05, 0) is 29.2 Å². The van der Waals surface area contributed by atoms with E-state index in [9.17, 15) is 14.9 Å². The van der Waals surface area contributed by atoms with Crippen LogP contribution in [0.3, 0.4) is 0 Å². The van der Waals surface area contributed by atoms with Crippen molar-refractivity contribution in [3.63, 3.8) is 0 Å². The maximum Gasteiger partial charge on any atom is 0.293 e. The van der Waals surface area contributed by atoms with E-state index >= 15 is 0 Å². The summed E-state index contributed by atoms with van der Waals surface area (Å²) in [4.78, 5) is 24.6. The number of carbonyl (C=O) groups is 1. The first-order chi connectivity index (χ1) is 12.6. The zero-order valence-electron chi connectivity index (χ0n) is 16.2. The summed E-state index contributed by atoms with van der Waals surface area (Å²) in [5.41, 5.74) is 5.09. The molecule has 0 aliphatic rings. The van der Waals surface area contributed by atoms with Gasteiger partial charge in [-0.15, -0.1) is 0 Å². The standard InChI is InChI=1S/C20H24N4O3/c1-20(2,3)16-9-7-15(8-10-16)19(25)22-21-13-14-6-11-17(23(4)5)18(12-14)24(26)27/h6-13H,1-5H3,(H,22,25)/b21-13-. The molecule has 27 heavy (non-hydrogen) atoms. The highest BCUT2D eigenvalue weighted by Gasteiger charge is 2.16. The predicted octanol–water partition coefficient (Wildman–Crippen LogP) is 3.72. The summed E-state index contributed by atoms with van der Waals surface area (Å²) < 4.78 is 0. The fourth-order valence-corrected chi connectivity index (χ4v) is 2.50. The number of hydrogen-bond acceptors (Lipinski definition) is 5. The maximum absolute atomic E-state index is 12.2. The second-order valence-corrected chi connectivity index (χ2v) is 7.43. The number of hydrogen-bond donors (Lipinski definition) is 1. The normalized spacial score (nSPS) is 11.4. The van der Waals surface area contributed by atoms with Gasteiger partial charge in [-0.25, -0.2) is 5.43 Å². The molecule has 0 radical (unpaired) electrons. The van der Waals surface area contributed by atoms with Gasteiger partial charge in [0.05, 0.1) is 11.1 Å². The van der Waals surface area contributed by atoms with Crippen molar-refractivity contribution in [2.24, 2.45) is 5.10 Å². The molecule has 0 spiro atoms. The summed E-state index contributed by atoms with van der Waals surface area (Å²) >= 11 is 0. The third-order valence-electron chi connectivity index (χ3n) is 4.07. The number of nitrogens with zero attached hydrogens (tertiary/aromatic N) is 3. The van der Waals surface area contributed by atoms with Crippen LogP contribution in [0, 0.1) is 10.1 Å². The molecule has 2 aromatic rings. The number of nitrogens with one attached hydrogen (secondary N) is 1. The SMILES string of the molecule is CN(C)c1ccc(/C=N\NC(=O)c2ccc(C(C)(C)C)cc2)cc1[N+](=O)[O-]. The topological polar surface area (TPSA) is 87.8 Å². The van der Waals surface area contributed by atoms with Crippen molar-refractivity contribution < 1.29 is 9.72 Å². The Morgan fingerprint density at radius 2 is 1.78 bits per heavy atom. The van der Waals surface area contributed by atoms with E-state index in [0.717, 1.165) is 5.56 Å². The van der Waals surface area contributed by atoms with Gasteiger partial charge in [0.25, 0.3) is 11.6 Å². The molecule has 0 aliphatic carbocycles. The van der Waals surface area contributed by atoms with Gasteiger partial charge in [-0.1, -0.05) is 39.0 Å². The van der Waals surface area contributed by atoms with Gasteiger partial charge >= 0.3 is 0 Å². The summed E-state index contributed by atoms with van der Waals surface area (Å²) in [6.07, 6.45) is 1.38. The van der Waals surface area contributed by atoms with Crippen molar-refractivity contribution in [2.45, 2.75) is 26.2 Å². The second-order valence-electron chi connectivity index (χ2n) is 7.43. The van der Waals surface area contributed by atoms with Crippen molar-refractivity contribution in [1.29, 1.82) is 0 Å². The molecule has 1 N–H and O–H groups in total. The number of benzene rings is 2. The molecule has 0 aromatic heterocycles. The Hall–Kier alpha value is -3.22. The highest BCUT2D eigenvalue weighted by atomic mass is 16.6. The van der Waals surface area contributed by atoms with Crippen LogP contribution in [0.25, 0.3) is 0 Å². The van der Waals surface area contributed by atoms with Crippen molar-refractivity contribution in [1.82, 2.24) is 5.43 Å². The summed E-state index contributed by atoms with van der Waals surface area (Å²) in [5.74, 6) is -0.342. The number of nitro groups is 1. The second kappa shape index (κ2) is 7.99. The molecule has 0 fully saturated rings. The number of carbonyl (C=O) groups excluding carboxylic acids is 1. The van der Waals surface area contributed by atoms with E-state index in [0.29, 0.717) is 16.8 Å². The van der Waals surface area contributed by atoms with Crippen LogP contribution in [0.1, 0.15) is 42.3 Å². The summed E-state index contributed by atoms with van der Waals surface area (Å²) in [6.45, 7) is 6.31. The Kier molecular flexibility index (Phi) is 5.95. The van der Waals surface area contributed by atoms with E-state index in [-0.39, 0.29) is 17.0 Å². The molecular weight excluding hydrogens is 344 g/mol. The Morgan fingerprint density at radius 1 is 1.15 bits per heavy atom. The Bertz CT molecular complexity index is 866. The van der Waals surface area contributed by atoms with Crippen molar-refractivity contribution >= 4 is 23.5 Å². The summed E-state index contributed by atoms with van der Waals surface area (Å²) in [7, 11) is 3.47. The largest absolute Gasteiger partial charge is 0.372 e. The zero-order valence-corrected chi connectivity index (χ0v) is 16.2. The van der Waals surface area contributed by atoms with Crippen molar-refractivity contribution in [3.8, 4) is 0 Å². The average Bonchev–Trinajstić information content (AvgIpc) is 2.60. The van der Waals surface area contributed by atoms with Crippen LogP contribution < -0.4 is 10.3 Å². The van der Waals surface area contributed by atoms with Crippen LogP contribution >= 0.6 is 0 Å².